The largest absolute Gasteiger partial charge is 0.497 e. The van der Waals surface area contributed by atoms with Crippen molar-refractivity contribution < 1.29 is 4.74 Å². The van der Waals surface area contributed by atoms with Gasteiger partial charge in [-0.1, -0.05) is 12.1 Å². The summed E-state index contributed by atoms with van der Waals surface area (Å²) in [4.78, 5) is 4.76. The maximum atomic E-state index is 5.33. The fraction of sp³-hybridized carbons (Fsp3) is 0.286. The second-order valence-corrected chi connectivity index (χ2v) is 7.37. The molecule has 2 N–H and O–H groups in total. The van der Waals surface area contributed by atoms with Crippen LogP contribution in [0.3, 0.4) is 0 Å². The SMILES string of the molecule is COc1cccc(-c2cc(Nc3cc(NC4CC4)c4cnn(C)c4n3)n(C)n2)c1. The van der Waals surface area contributed by atoms with Crippen LogP contribution in [0.25, 0.3) is 22.3 Å². The summed E-state index contributed by atoms with van der Waals surface area (Å²) in [5.74, 6) is 2.42. The number of hydrogen-bond donors (Lipinski definition) is 2. The van der Waals surface area contributed by atoms with Crippen molar-refractivity contribution in [2.75, 3.05) is 17.7 Å². The summed E-state index contributed by atoms with van der Waals surface area (Å²) in [5, 5.41) is 17.0. The molecule has 1 aromatic carbocycles. The van der Waals surface area contributed by atoms with E-state index in [4.69, 9.17) is 9.72 Å². The fourth-order valence-electron chi connectivity index (χ4n) is 3.38. The quantitative estimate of drug-likeness (QED) is 0.523. The third-order valence-corrected chi connectivity index (χ3v) is 5.14. The summed E-state index contributed by atoms with van der Waals surface area (Å²) in [6.07, 6.45) is 4.28. The molecule has 0 atom stereocenters. The highest BCUT2D eigenvalue weighted by atomic mass is 16.5. The molecule has 1 fully saturated rings. The summed E-state index contributed by atoms with van der Waals surface area (Å²) >= 11 is 0. The van der Waals surface area contributed by atoms with Gasteiger partial charge in [-0.15, -0.1) is 0 Å². The van der Waals surface area contributed by atoms with Crippen molar-refractivity contribution in [3.05, 3.63) is 42.6 Å². The lowest BCUT2D eigenvalue weighted by Crippen LogP contribution is -2.05. The number of anilines is 3. The molecule has 0 amide bonds. The van der Waals surface area contributed by atoms with Gasteiger partial charge >= 0.3 is 0 Å². The molecule has 0 unspecified atom stereocenters. The Hall–Kier alpha value is -3.55. The first-order chi connectivity index (χ1) is 14.1. The van der Waals surface area contributed by atoms with Crippen LogP contribution in [0.5, 0.6) is 5.75 Å². The minimum Gasteiger partial charge on any atom is -0.497 e. The molecule has 4 aromatic rings. The second-order valence-electron chi connectivity index (χ2n) is 7.37. The number of nitrogens with zero attached hydrogens (tertiary/aromatic N) is 5. The van der Waals surface area contributed by atoms with Crippen LogP contribution < -0.4 is 15.4 Å². The molecule has 0 spiro atoms. The standard InChI is InChI=1S/C21H23N7O/c1-27-20(11-17(26-27)13-5-4-6-15(9-13)29-3)24-19-10-18(23-14-7-8-14)16-12-22-28(2)21(16)25-19/h4-6,9-12,14H,7-8H2,1-3H3,(H2,23,24,25). The molecule has 1 aliphatic rings. The van der Waals surface area contributed by atoms with Gasteiger partial charge in [-0.3, -0.25) is 9.36 Å². The first kappa shape index (κ1) is 17.5. The topological polar surface area (TPSA) is 81.8 Å². The van der Waals surface area contributed by atoms with E-state index < -0.39 is 0 Å². The van der Waals surface area contributed by atoms with Crippen LogP contribution in [0.2, 0.25) is 0 Å². The Labute approximate surface area is 168 Å². The van der Waals surface area contributed by atoms with Crippen molar-refractivity contribution >= 4 is 28.4 Å². The van der Waals surface area contributed by atoms with Gasteiger partial charge in [-0.2, -0.15) is 10.2 Å². The number of pyridine rings is 1. The maximum Gasteiger partial charge on any atom is 0.161 e. The van der Waals surface area contributed by atoms with Gasteiger partial charge in [0, 0.05) is 37.8 Å². The van der Waals surface area contributed by atoms with Crippen molar-refractivity contribution in [3.8, 4) is 17.0 Å². The van der Waals surface area contributed by atoms with Crippen LogP contribution in [-0.2, 0) is 14.1 Å². The van der Waals surface area contributed by atoms with Gasteiger partial charge in [0.05, 0.1) is 30.1 Å². The molecule has 3 heterocycles. The molecule has 148 valence electrons. The number of methoxy groups -OCH3 is 1. The Kier molecular flexibility index (Phi) is 4.12. The Morgan fingerprint density at radius 3 is 2.76 bits per heavy atom. The van der Waals surface area contributed by atoms with Crippen LogP contribution in [0.1, 0.15) is 12.8 Å². The lowest BCUT2D eigenvalue weighted by molar-refractivity contribution is 0.415. The summed E-state index contributed by atoms with van der Waals surface area (Å²) < 4.78 is 8.94. The number of ether oxygens (including phenoxy) is 1. The van der Waals surface area contributed by atoms with E-state index in [1.54, 1.807) is 11.8 Å². The third kappa shape index (κ3) is 3.37. The molecule has 1 saturated carbocycles. The first-order valence-electron chi connectivity index (χ1n) is 9.65. The monoisotopic (exact) mass is 389 g/mol. The molecule has 0 aliphatic heterocycles. The van der Waals surface area contributed by atoms with E-state index in [1.165, 1.54) is 12.8 Å². The van der Waals surface area contributed by atoms with E-state index in [1.807, 2.05) is 61.4 Å². The van der Waals surface area contributed by atoms with E-state index in [9.17, 15) is 0 Å². The van der Waals surface area contributed by atoms with E-state index in [0.717, 1.165) is 45.4 Å². The second kappa shape index (κ2) is 6.80. The molecule has 0 bridgehead atoms. The van der Waals surface area contributed by atoms with Gasteiger partial charge < -0.3 is 15.4 Å². The Balaban J connectivity index is 1.49. The molecular formula is C21H23N7O. The van der Waals surface area contributed by atoms with Crippen molar-refractivity contribution in [2.45, 2.75) is 18.9 Å². The predicted molar refractivity (Wildman–Crippen MR) is 114 cm³/mol. The third-order valence-electron chi connectivity index (χ3n) is 5.14. The Morgan fingerprint density at radius 2 is 1.97 bits per heavy atom. The molecule has 0 saturated heterocycles. The summed E-state index contributed by atoms with van der Waals surface area (Å²) in [7, 11) is 5.49. The van der Waals surface area contributed by atoms with Gasteiger partial charge in [0.2, 0.25) is 0 Å². The number of nitrogens with one attached hydrogen (secondary N) is 2. The number of fused-ring (bicyclic) bond motifs is 1. The van der Waals surface area contributed by atoms with E-state index >= 15 is 0 Å². The number of rotatable bonds is 6. The predicted octanol–water partition coefficient (Wildman–Crippen LogP) is 3.70. The zero-order valence-electron chi connectivity index (χ0n) is 16.7. The minimum atomic E-state index is 0.546. The maximum absolute atomic E-state index is 5.33. The first-order valence-corrected chi connectivity index (χ1v) is 9.65. The van der Waals surface area contributed by atoms with E-state index in [2.05, 4.69) is 20.8 Å². The van der Waals surface area contributed by atoms with Gasteiger partial charge in [0.25, 0.3) is 0 Å². The zero-order chi connectivity index (χ0) is 20.0. The van der Waals surface area contributed by atoms with Gasteiger partial charge in [-0.05, 0) is 25.0 Å². The van der Waals surface area contributed by atoms with Crippen molar-refractivity contribution in [1.29, 1.82) is 0 Å². The normalized spacial score (nSPS) is 13.6. The highest BCUT2D eigenvalue weighted by Gasteiger charge is 2.23. The average molecular weight is 389 g/mol. The zero-order valence-corrected chi connectivity index (χ0v) is 16.7. The van der Waals surface area contributed by atoms with E-state index in [0.29, 0.717) is 6.04 Å². The fourth-order valence-corrected chi connectivity index (χ4v) is 3.38. The molecule has 3 aromatic heterocycles. The molecule has 1 aliphatic carbocycles. The van der Waals surface area contributed by atoms with Crippen LogP contribution in [-0.4, -0.2) is 37.7 Å². The van der Waals surface area contributed by atoms with Gasteiger partial charge in [-0.25, -0.2) is 4.98 Å². The Bertz CT molecular complexity index is 1190. The number of aromatic nitrogens is 5. The van der Waals surface area contributed by atoms with Gasteiger partial charge in [0.15, 0.2) is 5.65 Å². The summed E-state index contributed by atoms with van der Waals surface area (Å²) in [5.41, 5.74) is 3.77. The lowest BCUT2D eigenvalue weighted by atomic mass is 10.1. The molecular weight excluding hydrogens is 366 g/mol. The summed E-state index contributed by atoms with van der Waals surface area (Å²) in [6.45, 7) is 0. The molecule has 8 heteroatoms. The van der Waals surface area contributed by atoms with Crippen LogP contribution in [0.15, 0.2) is 42.6 Å². The highest BCUT2D eigenvalue weighted by Crippen LogP contribution is 2.32. The average Bonchev–Trinajstić information content (AvgIpc) is 3.36. The number of benzene rings is 1. The highest BCUT2D eigenvalue weighted by molar-refractivity contribution is 5.91. The smallest absolute Gasteiger partial charge is 0.161 e. The van der Waals surface area contributed by atoms with Crippen LogP contribution in [0, 0.1) is 0 Å². The van der Waals surface area contributed by atoms with Crippen LogP contribution >= 0.6 is 0 Å². The minimum absolute atomic E-state index is 0.546. The van der Waals surface area contributed by atoms with Crippen molar-refractivity contribution in [1.82, 2.24) is 24.5 Å². The number of hydrogen-bond acceptors (Lipinski definition) is 6. The van der Waals surface area contributed by atoms with Gasteiger partial charge in [0.1, 0.15) is 17.4 Å². The molecule has 0 radical (unpaired) electrons. The lowest BCUT2D eigenvalue weighted by Gasteiger charge is -2.11. The molecule has 29 heavy (non-hydrogen) atoms. The van der Waals surface area contributed by atoms with Crippen molar-refractivity contribution in [2.24, 2.45) is 14.1 Å². The molecule has 8 nitrogen and oxygen atoms in total. The van der Waals surface area contributed by atoms with Crippen molar-refractivity contribution in [3.63, 3.8) is 0 Å². The number of aryl methyl sites for hydroxylation is 2. The summed E-state index contributed by atoms with van der Waals surface area (Å²) in [6, 6.07) is 12.5. The Morgan fingerprint density at radius 1 is 1.10 bits per heavy atom. The van der Waals surface area contributed by atoms with E-state index in [-0.39, 0.29) is 0 Å². The molecule has 5 rings (SSSR count). The van der Waals surface area contributed by atoms with Crippen LogP contribution in [0.4, 0.5) is 17.3 Å².